The molecule has 0 saturated carbocycles. The number of nitrogens with zero attached hydrogens (tertiary/aromatic N) is 2. The first kappa shape index (κ1) is 19.2. The van der Waals surface area contributed by atoms with Gasteiger partial charge in [-0.05, 0) is 37.5 Å². The molecule has 0 unspecified atom stereocenters. The quantitative estimate of drug-likeness (QED) is 0.822. The molecule has 1 aromatic carbocycles. The molecule has 1 aliphatic rings. The first-order valence-corrected chi connectivity index (χ1v) is 8.95. The van der Waals surface area contributed by atoms with E-state index in [2.05, 4.69) is 26.1 Å². The lowest BCUT2D eigenvalue weighted by molar-refractivity contribution is -0.119. The summed E-state index contributed by atoms with van der Waals surface area (Å²) in [4.78, 5) is 27.8. The molecule has 138 valence electrons. The molecule has 1 aliphatic heterocycles. The first-order valence-electron chi connectivity index (χ1n) is 8.95. The van der Waals surface area contributed by atoms with Gasteiger partial charge >= 0.3 is 0 Å². The van der Waals surface area contributed by atoms with Gasteiger partial charge in [-0.3, -0.25) is 14.5 Å². The van der Waals surface area contributed by atoms with Gasteiger partial charge in [0.25, 0.3) is 5.91 Å². The Morgan fingerprint density at radius 2 is 1.80 bits per heavy atom. The minimum absolute atomic E-state index is 0.0528. The monoisotopic (exact) mass is 346 g/mol. The van der Waals surface area contributed by atoms with Crippen molar-refractivity contribution >= 4 is 17.5 Å². The fraction of sp³-hybridized carbons (Fsp3) is 0.579. The molecule has 0 aliphatic carbocycles. The standard InChI is InChI=1S/C19H30N4O2/c1-13(2)15(4)21-17-7-5-6-16(14(17)3)19(25)23-10-8-22(9-11-23)12-18(20)24/h5-7,13,15,21H,8-12H2,1-4H3,(H2,20,24)/t15-/m1/s1. The molecule has 6 heteroatoms. The van der Waals surface area contributed by atoms with Crippen molar-refractivity contribution in [3.05, 3.63) is 29.3 Å². The van der Waals surface area contributed by atoms with Crippen LogP contribution in [0.25, 0.3) is 0 Å². The van der Waals surface area contributed by atoms with Crippen molar-refractivity contribution in [2.24, 2.45) is 11.7 Å². The lowest BCUT2D eigenvalue weighted by atomic mass is 10.0. The molecule has 6 nitrogen and oxygen atoms in total. The topological polar surface area (TPSA) is 78.7 Å². The number of piperazine rings is 1. The number of hydrogen-bond donors (Lipinski definition) is 2. The number of anilines is 1. The maximum atomic E-state index is 12.9. The van der Waals surface area contributed by atoms with Crippen molar-refractivity contribution in [2.45, 2.75) is 33.7 Å². The Kier molecular flexibility index (Phi) is 6.42. The van der Waals surface area contributed by atoms with Gasteiger partial charge in [0.1, 0.15) is 0 Å². The second kappa shape index (κ2) is 8.34. The second-order valence-electron chi connectivity index (χ2n) is 7.19. The number of primary amides is 1. The Bertz CT molecular complexity index is 622. The Labute approximate surface area is 150 Å². The summed E-state index contributed by atoms with van der Waals surface area (Å²) in [5.41, 5.74) is 7.98. The minimum atomic E-state index is -0.325. The van der Waals surface area contributed by atoms with Gasteiger partial charge in [0.15, 0.2) is 0 Å². The summed E-state index contributed by atoms with van der Waals surface area (Å²) >= 11 is 0. The summed E-state index contributed by atoms with van der Waals surface area (Å²) in [6.45, 7) is 11.3. The number of benzene rings is 1. The van der Waals surface area contributed by atoms with Crippen LogP contribution < -0.4 is 11.1 Å². The Hall–Kier alpha value is -2.08. The third-order valence-electron chi connectivity index (χ3n) is 4.99. The van der Waals surface area contributed by atoms with Gasteiger partial charge in [-0.1, -0.05) is 19.9 Å². The largest absolute Gasteiger partial charge is 0.382 e. The maximum absolute atomic E-state index is 12.9. The van der Waals surface area contributed by atoms with Gasteiger partial charge in [0, 0.05) is 43.5 Å². The lowest BCUT2D eigenvalue weighted by Gasteiger charge is -2.34. The summed E-state index contributed by atoms with van der Waals surface area (Å²) in [6, 6.07) is 6.18. The molecule has 2 rings (SSSR count). The van der Waals surface area contributed by atoms with Gasteiger partial charge in [-0.2, -0.15) is 0 Å². The zero-order chi connectivity index (χ0) is 18.6. The van der Waals surface area contributed by atoms with Gasteiger partial charge in [-0.25, -0.2) is 0 Å². The highest BCUT2D eigenvalue weighted by Crippen LogP contribution is 2.23. The predicted octanol–water partition coefficient (Wildman–Crippen LogP) is 1.69. The third-order valence-corrected chi connectivity index (χ3v) is 4.99. The van der Waals surface area contributed by atoms with Gasteiger partial charge in [0.05, 0.1) is 6.54 Å². The number of hydrogen-bond acceptors (Lipinski definition) is 4. The van der Waals surface area contributed by atoms with Crippen LogP contribution in [0.4, 0.5) is 5.69 Å². The predicted molar refractivity (Wildman–Crippen MR) is 101 cm³/mol. The second-order valence-corrected chi connectivity index (χ2v) is 7.19. The van der Waals surface area contributed by atoms with Crippen LogP contribution in [0.15, 0.2) is 18.2 Å². The minimum Gasteiger partial charge on any atom is -0.382 e. The molecule has 1 aromatic rings. The summed E-state index contributed by atoms with van der Waals surface area (Å²) in [5.74, 6) is 0.239. The average molecular weight is 346 g/mol. The Balaban J connectivity index is 2.06. The fourth-order valence-corrected chi connectivity index (χ4v) is 2.94. The van der Waals surface area contributed by atoms with Crippen molar-refractivity contribution in [2.75, 3.05) is 38.0 Å². The van der Waals surface area contributed by atoms with E-state index in [1.807, 2.05) is 34.9 Å². The van der Waals surface area contributed by atoms with E-state index in [0.29, 0.717) is 38.1 Å². The average Bonchev–Trinajstić information content (AvgIpc) is 2.56. The summed E-state index contributed by atoms with van der Waals surface area (Å²) < 4.78 is 0. The van der Waals surface area contributed by atoms with Crippen molar-refractivity contribution in [3.8, 4) is 0 Å². The lowest BCUT2D eigenvalue weighted by Crippen LogP contribution is -2.50. The summed E-state index contributed by atoms with van der Waals surface area (Å²) in [6.07, 6.45) is 0. The van der Waals surface area contributed by atoms with Crippen LogP contribution in [0.1, 0.15) is 36.7 Å². The van der Waals surface area contributed by atoms with Crippen LogP contribution in [-0.4, -0.2) is 60.4 Å². The third kappa shape index (κ3) is 4.95. The molecule has 1 atom stereocenters. The summed E-state index contributed by atoms with van der Waals surface area (Å²) in [7, 11) is 0. The molecule has 1 saturated heterocycles. The van der Waals surface area contributed by atoms with Gasteiger partial charge < -0.3 is 16.0 Å². The molecular formula is C19H30N4O2. The number of carbonyl (C=O) groups is 2. The van der Waals surface area contributed by atoms with Crippen LogP contribution in [0, 0.1) is 12.8 Å². The smallest absolute Gasteiger partial charge is 0.254 e. The normalized spacial score (nSPS) is 16.8. The SMILES string of the molecule is Cc1c(N[C@H](C)C(C)C)cccc1C(=O)N1CCN(CC(N)=O)CC1. The molecule has 2 amide bonds. The van der Waals surface area contributed by atoms with Crippen molar-refractivity contribution in [1.82, 2.24) is 9.80 Å². The zero-order valence-corrected chi connectivity index (χ0v) is 15.7. The number of nitrogens with two attached hydrogens (primary N) is 1. The Morgan fingerprint density at radius 3 is 2.36 bits per heavy atom. The van der Waals surface area contributed by atoms with Gasteiger partial charge in [-0.15, -0.1) is 0 Å². The first-order chi connectivity index (χ1) is 11.8. The van der Waals surface area contributed by atoms with Crippen LogP contribution in [0.2, 0.25) is 0 Å². The van der Waals surface area contributed by atoms with Crippen LogP contribution in [0.3, 0.4) is 0 Å². The highest BCUT2D eigenvalue weighted by molar-refractivity contribution is 5.97. The molecule has 25 heavy (non-hydrogen) atoms. The fourth-order valence-electron chi connectivity index (χ4n) is 2.94. The maximum Gasteiger partial charge on any atom is 0.254 e. The molecule has 1 heterocycles. The van der Waals surface area contributed by atoms with E-state index in [0.717, 1.165) is 16.8 Å². The van der Waals surface area contributed by atoms with E-state index in [-0.39, 0.29) is 18.4 Å². The van der Waals surface area contributed by atoms with E-state index in [4.69, 9.17) is 5.73 Å². The molecule has 1 fully saturated rings. The van der Waals surface area contributed by atoms with E-state index < -0.39 is 0 Å². The highest BCUT2D eigenvalue weighted by Gasteiger charge is 2.24. The number of carbonyl (C=O) groups excluding carboxylic acids is 2. The van der Waals surface area contributed by atoms with Crippen molar-refractivity contribution in [1.29, 1.82) is 0 Å². The highest BCUT2D eigenvalue weighted by atomic mass is 16.2. The van der Waals surface area contributed by atoms with Crippen molar-refractivity contribution in [3.63, 3.8) is 0 Å². The van der Waals surface area contributed by atoms with E-state index in [1.54, 1.807) is 0 Å². The molecule has 0 spiro atoms. The van der Waals surface area contributed by atoms with Crippen LogP contribution >= 0.6 is 0 Å². The van der Waals surface area contributed by atoms with E-state index in [1.165, 1.54) is 0 Å². The Morgan fingerprint density at radius 1 is 1.16 bits per heavy atom. The van der Waals surface area contributed by atoms with E-state index in [9.17, 15) is 9.59 Å². The number of amides is 2. The molecule has 0 bridgehead atoms. The summed E-state index contributed by atoms with van der Waals surface area (Å²) in [5, 5.41) is 3.51. The van der Waals surface area contributed by atoms with Crippen molar-refractivity contribution < 1.29 is 9.59 Å². The number of nitrogens with one attached hydrogen (secondary N) is 1. The molecule has 0 radical (unpaired) electrons. The van der Waals surface area contributed by atoms with E-state index >= 15 is 0 Å². The van der Waals surface area contributed by atoms with Crippen LogP contribution in [-0.2, 0) is 4.79 Å². The molecular weight excluding hydrogens is 316 g/mol. The number of rotatable bonds is 6. The molecule has 3 N–H and O–H groups in total. The van der Waals surface area contributed by atoms with Gasteiger partial charge in [0.2, 0.25) is 5.91 Å². The zero-order valence-electron chi connectivity index (χ0n) is 15.7. The van der Waals surface area contributed by atoms with Crippen LogP contribution in [0.5, 0.6) is 0 Å². The molecule has 0 aromatic heterocycles.